The molecular weight excluding hydrogens is 231 g/mol. The highest BCUT2D eigenvalue weighted by Crippen LogP contribution is 2.41. The number of ether oxygens (including phenoxy) is 1. The zero-order valence-electron chi connectivity index (χ0n) is 12.6. The summed E-state index contributed by atoms with van der Waals surface area (Å²) < 4.78 is 16.9. The smallest absolute Gasteiger partial charge is 0.461 e. The van der Waals surface area contributed by atoms with E-state index in [9.17, 15) is 4.79 Å². The van der Waals surface area contributed by atoms with Crippen molar-refractivity contribution in [2.75, 3.05) is 6.61 Å². The zero-order chi connectivity index (χ0) is 14.1. The van der Waals surface area contributed by atoms with Gasteiger partial charge in [0.2, 0.25) is 0 Å². The molecule has 0 unspecified atom stereocenters. The molecule has 1 fully saturated rings. The van der Waals surface area contributed by atoms with E-state index in [4.69, 9.17) is 14.0 Å². The van der Waals surface area contributed by atoms with Crippen LogP contribution in [0.5, 0.6) is 0 Å². The van der Waals surface area contributed by atoms with Crippen LogP contribution in [0, 0.1) is 5.92 Å². The molecule has 18 heavy (non-hydrogen) atoms. The summed E-state index contributed by atoms with van der Waals surface area (Å²) in [6.07, 6.45) is 0. The zero-order valence-corrected chi connectivity index (χ0v) is 12.6. The van der Waals surface area contributed by atoms with Crippen molar-refractivity contribution in [3.63, 3.8) is 0 Å². The van der Waals surface area contributed by atoms with Gasteiger partial charge in [-0.15, -0.1) is 0 Å². The molecule has 0 amide bonds. The molecule has 1 rings (SSSR count). The summed E-state index contributed by atoms with van der Waals surface area (Å²) in [6, 6.07) is 0. The fourth-order valence-electron chi connectivity index (χ4n) is 1.83. The van der Waals surface area contributed by atoms with E-state index in [1.165, 1.54) is 0 Å². The van der Waals surface area contributed by atoms with Gasteiger partial charge in [-0.1, -0.05) is 13.8 Å². The molecule has 4 nitrogen and oxygen atoms in total. The molecule has 1 saturated heterocycles. The van der Waals surface area contributed by atoms with Crippen LogP contribution in [0.25, 0.3) is 0 Å². The number of hydrogen-bond acceptors (Lipinski definition) is 4. The lowest BCUT2D eigenvalue weighted by Crippen LogP contribution is -2.41. The van der Waals surface area contributed by atoms with Gasteiger partial charge >= 0.3 is 13.1 Å². The van der Waals surface area contributed by atoms with Crippen molar-refractivity contribution in [2.45, 2.75) is 65.5 Å². The first kappa shape index (κ1) is 15.5. The first-order valence-electron chi connectivity index (χ1n) is 6.64. The van der Waals surface area contributed by atoms with Crippen LogP contribution in [0.15, 0.2) is 0 Å². The van der Waals surface area contributed by atoms with Crippen molar-refractivity contribution < 1.29 is 18.8 Å². The molecule has 0 aliphatic carbocycles. The van der Waals surface area contributed by atoms with E-state index in [1.807, 2.05) is 48.5 Å². The van der Waals surface area contributed by atoms with Crippen LogP contribution in [0.2, 0.25) is 5.82 Å². The Labute approximate surface area is 111 Å². The van der Waals surface area contributed by atoms with E-state index >= 15 is 0 Å². The van der Waals surface area contributed by atoms with Crippen LogP contribution in [0.1, 0.15) is 48.5 Å². The number of carbonyl (C=O) groups is 1. The second-order valence-corrected chi connectivity index (χ2v) is 6.02. The average Bonchev–Trinajstić information content (AvgIpc) is 2.46. The lowest BCUT2D eigenvalue weighted by molar-refractivity contribution is -0.147. The highest BCUT2D eigenvalue weighted by atomic mass is 16.7. The Bertz CT molecular complexity index is 298. The van der Waals surface area contributed by atoms with Crippen LogP contribution in [-0.2, 0) is 18.8 Å². The van der Waals surface area contributed by atoms with Crippen molar-refractivity contribution in [1.82, 2.24) is 0 Å². The monoisotopic (exact) mass is 256 g/mol. The first-order valence-corrected chi connectivity index (χ1v) is 6.64. The molecule has 1 heterocycles. The molecule has 5 heteroatoms. The van der Waals surface area contributed by atoms with Gasteiger partial charge in [-0.2, -0.15) is 0 Å². The molecule has 2 atom stereocenters. The first-order chi connectivity index (χ1) is 8.12. The molecule has 104 valence electrons. The highest BCUT2D eigenvalue weighted by Gasteiger charge is 2.54. The predicted octanol–water partition coefficient (Wildman–Crippen LogP) is 2.67. The summed E-state index contributed by atoms with van der Waals surface area (Å²) in [7, 11) is -0.366. The van der Waals surface area contributed by atoms with E-state index in [0.717, 1.165) is 0 Å². The summed E-state index contributed by atoms with van der Waals surface area (Å²) in [5, 5.41) is 0. The molecule has 0 saturated carbocycles. The van der Waals surface area contributed by atoms with Gasteiger partial charge in [0.15, 0.2) is 0 Å². The summed E-state index contributed by atoms with van der Waals surface area (Å²) in [5.74, 6) is -0.468. The Balaban J connectivity index is 2.70. The average molecular weight is 256 g/mol. The molecule has 0 aromatic rings. The Hall–Kier alpha value is -0.545. The minimum Gasteiger partial charge on any atom is -0.466 e. The van der Waals surface area contributed by atoms with Gasteiger partial charge < -0.3 is 14.0 Å². The molecule has 0 bridgehead atoms. The van der Waals surface area contributed by atoms with Crippen molar-refractivity contribution in [2.24, 2.45) is 5.92 Å². The van der Waals surface area contributed by atoms with Gasteiger partial charge in [-0.25, -0.2) is 0 Å². The van der Waals surface area contributed by atoms with Crippen molar-refractivity contribution in [3.8, 4) is 0 Å². The molecule has 0 aromatic carbocycles. The number of esters is 1. The minimum atomic E-state index is -0.366. The van der Waals surface area contributed by atoms with Crippen molar-refractivity contribution in [3.05, 3.63) is 0 Å². The Morgan fingerprint density at radius 1 is 1.17 bits per heavy atom. The van der Waals surface area contributed by atoms with Crippen LogP contribution in [0.4, 0.5) is 0 Å². The van der Waals surface area contributed by atoms with Gasteiger partial charge in [0.25, 0.3) is 0 Å². The van der Waals surface area contributed by atoms with Crippen molar-refractivity contribution >= 4 is 13.1 Å². The number of carbonyl (C=O) groups excluding carboxylic acids is 1. The second-order valence-electron chi connectivity index (χ2n) is 6.02. The van der Waals surface area contributed by atoms with Gasteiger partial charge in [-0.05, 0) is 34.6 Å². The Morgan fingerprint density at radius 2 is 1.61 bits per heavy atom. The number of rotatable bonds is 4. The predicted molar refractivity (Wildman–Crippen MR) is 71.3 cm³/mol. The fourth-order valence-corrected chi connectivity index (χ4v) is 1.83. The summed E-state index contributed by atoms with van der Waals surface area (Å²) in [6.45, 7) is 14.1. The maximum Gasteiger partial charge on any atom is 0.461 e. The maximum absolute atomic E-state index is 11.7. The Kier molecular flexibility index (Phi) is 4.49. The normalized spacial score (nSPS) is 24.7. The molecule has 0 radical (unpaired) electrons. The number of hydrogen-bond donors (Lipinski definition) is 0. The third-order valence-corrected chi connectivity index (χ3v) is 4.15. The van der Waals surface area contributed by atoms with Gasteiger partial charge in [0, 0.05) is 5.82 Å². The molecule has 0 spiro atoms. The molecule has 0 aromatic heterocycles. The lowest BCUT2D eigenvalue weighted by Gasteiger charge is -2.32. The standard InChI is InChI=1S/C13H25BO4/c1-8-16-11(15)9(2)10(3)14-17-12(4,5)13(6,7)18-14/h9-10H,8H2,1-7H3/t9-,10+/m1/s1. The van der Waals surface area contributed by atoms with Gasteiger partial charge in [-0.3, -0.25) is 4.79 Å². The molecule has 0 N–H and O–H groups in total. The summed E-state index contributed by atoms with van der Waals surface area (Å²) >= 11 is 0. The SMILES string of the molecule is CCOC(=O)[C@H](C)[C@H](C)B1OC(C)(C)C(C)(C)O1. The largest absolute Gasteiger partial charge is 0.466 e. The Morgan fingerprint density at radius 3 is 2.00 bits per heavy atom. The van der Waals surface area contributed by atoms with E-state index in [0.29, 0.717) is 6.61 Å². The highest BCUT2D eigenvalue weighted by molar-refractivity contribution is 6.47. The fraction of sp³-hybridized carbons (Fsp3) is 0.923. The third kappa shape index (κ3) is 2.89. The van der Waals surface area contributed by atoms with E-state index in [1.54, 1.807) is 0 Å². The maximum atomic E-state index is 11.7. The van der Waals surface area contributed by atoms with Crippen LogP contribution >= 0.6 is 0 Å². The van der Waals surface area contributed by atoms with E-state index < -0.39 is 0 Å². The van der Waals surface area contributed by atoms with Crippen LogP contribution in [-0.4, -0.2) is 30.9 Å². The van der Waals surface area contributed by atoms with E-state index in [2.05, 4.69) is 0 Å². The van der Waals surface area contributed by atoms with Crippen molar-refractivity contribution in [1.29, 1.82) is 0 Å². The molecule has 1 aliphatic heterocycles. The third-order valence-electron chi connectivity index (χ3n) is 4.15. The lowest BCUT2D eigenvalue weighted by atomic mass is 9.66. The quantitative estimate of drug-likeness (QED) is 0.573. The topological polar surface area (TPSA) is 44.8 Å². The van der Waals surface area contributed by atoms with Gasteiger partial charge in [0.05, 0.1) is 23.7 Å². The van der Waals surface area contributed by atoms with Crippen LogP contribution < -0.4 is 0 Å². The van der Waals surface area contributed by atoms with Crippen LogP contribution in [0.3, 0.4) is 0 Å². The summed E-state index contributed by atoms with van der Waals surface area (Å²) in [4.78, 5) is 11.7. The minimum absolute atomic E-state index is 0.0369. The van der Waals surface area contributed by atoms with E-state index in [-0.39, 0.29) is 36.0 Å². The van der Waals surface area contributed by atoms with Gasteiger partial charge in [0.1, 0.15) is 0 Å². The second kappa shape index (κ2) is 5.21. The molecule has 1 aliphatic rings. The molecular formula is C13H25BO4. The summed E-state index contributed by atoms with van der Waals surface area (Å²) in [5.41, 5.74) is -0.722.